The Morgan fingerprint density at radius 2 is 2.00 bits per heavy atom. The molecule has 0 atom stereocenters. The minimum Gasteiger partial charge on any atom is -0.462 e. The molecule has 0 saturated heterocycles. The van der Waals surface area contributed by atoms with Crippen LogP contribution in [0.3, 0.4) is 0 Å². The van der Waals surface area contributed by atoms with Crippen molar-refractivity contribution in [1.29, 1.82) is 0 Å². The summed E-state index contributed by atoms with van der Waals surface area (Å²) >= 11 is 2.86. The molecule has 10 heteroatoms. The third kappa shape index (κ3) is 4.34. The Kier molecular flexibility index (Phi) is 5.16. The van der Waals surface area contributed by atoms with Crippen LogP contribution in [0.1, 0.15) is 5.69 Å². The fourth-order valence-electron chi connectivity index (χ4n) is 2.19. The van der Waals surface area contributed by atoms with E-state index >= 15 is 0 Å². The van der Waals surface area contributed by atoms with Crippen molar-refractivity contribution in [2.45, 2.75) is 17.6 Å². The summed E-state index contributed by atoms with van der Waals surface area (Å²) in [5, 5.41) is 11.1. The average molecular weight is 407 g/mol. The summed E-state index contributed by atoms with van der Waals surface area (Å²) < 4.78 is 39.6. The summed E-state index contributed by atoms with van der Waals surface area (Å²) in [6.07, 6.45) is 1.61. The highest BCUT2D eigenvalue weighted by atomic mass is 32.2. The zero-order valence-corrected chi connectivity index (χ0v) is 15.2. The number of nitrogens with zero attached hydrogens (tertiary/aromatic N) is 3. The van der Waals surface area contributed by atoms with Crippen molar-refractivity contribution in [2.24, 2.45) is 0 Å². The molecule has 0 amide bonds. The van der Waals surface area contributed by atoms with E-state index in [-0.39, 0.29) is 5.75 Å². The summed E-state index contributed by atoms with van der Waals surface area (Å²) in [4.78, 5) is 4.50. The SMILES string of the molecule is FC(F)Oc1ccc(-c2nnc(SCc3csc(-c4ccco4)n3)o2)cc1. The molecule has 0 bridgehead atoms. The summed E-state index contributed by atoms with van der Waals surface area (Å²) in [5.74, 6) is 1.67. The van der Waals surface area contributed by atoms with Gasteiger partial charge in [-0.25, -0.2) is 4.98 Å². The smallest absolute Gasteiger partial charge is 0.387 e. The first-order valence-electron chi connectivity index (χ1n) is 7.67. The first-order chi connectivity index (χ1) is 13.2. The molecule has 4 rings (SSSR count). The lowest BCUT2D eigenvalue weighted by atomic mass is 10.2. The molecule has 6 nitrogen and oxygen atoms in total. The molecule has 138 valence electrons. The average Bonchev–Trinajstić information content (AvgIpc) is 3.40. The van der Waals surface area contributed by atoms with E-state index in [2.05, 4.69) is 19.9 Å². The van der Waals surface area contributed by atoms with Gasteiger partial charge in [0.25, 0.3) is 5.22 Å². The molecule has 27 heavy (non-hydrogen) atoms. The topological polar surface area (TPSA) is 74.2 Å². The van der Waals surface area contributed by atoms with Crippen LogP contribution in [-0.2, 0) is 5.75 Å². The molecule has 4 aromatic rings. The lowest BCUT2D eigenvalue weighted by Gasteiger charge is -2.03. The Morgan fingerprint density at radius 1 is 1.15 bits per heavy atom. The van der Waals surface area contributed by atoms with Crippen molar-refractivity contribution in [3.63, 3.8) is 0 Å². The number of hydrogen-bond acceptors (Lipinski definition) is 8. The number of halogens is 2. The van der Waals surface area contributed by atoms with E-state index in [4.69, 9.17) is 8.83 Å². The highest BCUT2D eigenvalue weighted by Gasteiger charge is 2.12. The number of ether oxygens (including phenoxy) is 1. The normalized spacial score (nSPS) is 11.2. The monoisotopic (exact) mass is 407 g/mol. The van der Waals surface area contributed by atoms with Gasteiger partial charge in [-0.05, 0) is 36.4 Å². The maximum absolute atomic E-state index is 12.2. The van der Waals surface area contributed by atoms with Crippen LogP contribution in [0.15, 0.2) is 62.1 Å². The van der Waals surface area contributed by atoms with Crippen molar-refractivity contribution in [2.75, 3.05) is 0 Å². The molecule has 0 saturated carbocycles. The molecular formula is C17H11F2N3O3S2. The first-order valence-corrected chi connectivity index (χ1v) is 9.54. The number of benzene rings is 1. The lowest BCUT2D eigenvalue weighted by molar-refractivity contribution is -0.0498. The van der Waals surface area contributed by atoms with E-state index in [1.54, 1.807) is 18.4 Å². The minimum absolute atomic E-state index is 0.0683. The molecule has 0 fully saturated rings. The predicted molar refractivity (Wildman–Crippen MR) is 95.7 cm³/mol. The summed E-state index contributed by atoms with van der Waals surface area (Å²) in [5.41, 5.74) is 1.49. The van der Waals surface area contributed by atoms with Crippen LogP contribution in [0.2, 0.25) is 0 Å². The summed E-state index contributed by atoms with van der Waals surface area (Å²) in [6.45, 7) is -2.86. The van der Waals surface area contributed by atoms with Gasteiger partial charge in [0.15, 0.2) is 10.8 Å². The van der Waals surface area contributed by atoms with Gasteiger partial charge in [-0.3, -0.25) is 0 Å². The van der Waals surface area contributed by atoms with E-state index in [0.29, 0.717) is 22.4 Å². The number of alkyl halides is 2. The van der Waals surface area contributed by atoms with Gasteiger partial charge in [0, 0.05) is 16.7 Å². The molecule has 3 heterocycles. The molecule has 0 unspecified atom stereocenters. The fraction of sp³-hybridized carbons (Fsp3) is 0.118. The molecule has 0 spiro atoms. The number of furan rings is 1. The van der Waals surface area contributed by atoms with Gasteiger partial charge in [0.05, 0.1) is 12.0 Å². The Bertz CT molecular complexity index is 1000. The summed E-state index contributed by atoms with van der Waals surface area (Å²) in [6, 6.07) is 9.67. The van der Waals surface area contributed by atoms with Crippen LogP contribution in [0.25, 0.3) is 22.2 Å². The molecule has 0 aliphatic heterocycles. The third-order valence-corrected chi connectivity index (χ3v) is 5.12. The van der Waals surface area contributed by atoms with Gasteiger partial charge in [-0.15, -0.1) is 21.5 Å². The van der Waals surface area contributed by atoms with Crippen molar-refractivity contribution in [3.05, 3.63) is 53.7 Å². The molecular weight excluding hydrogens is 396 g/mol. The van der Waals surface area contributed by atoms with Gasteiger partial charge in [0.2, 0.25) is 5.89 Å². The second kappa shape index (κ2) is 7.89. The van der Waals surface area contributed by atoms with Gasteiger partial charge in [-0.2, -0.15) is 8.78 Å². The van der Waals surface area contributed by atoms with Crippen molar-refractivity contribution >= 4 is 23.1 Å². The van der Waals surface area contributed by atoms with E-state index in [1.165, 1.54) is 35.2 Å². The van der Waals surface area contributed by atoms with Crippen LogP contribution in [0.5, 0.6) is 5.75 Å². The van der Waals surface area contributed by atoms with Crippen molar-refractivity contribution in [3.8, 4) is 28.0 Å². The highest BCUT2D eigenvalue weighted by Crippen LogP contribution is 2.29. The van der Waals surface area contributed by atoms with E-state index in [1.807, 2.05) is 17.5 Å². The zero-order valence-electron chi connectivity index (χ0n) is 13.5. The van der Waals surface area contributed by atoms with Crippen molar-refractivity contribution in [1.82, 2.24) is 15.2 Å². The highest BCUT2D eigenvalue weighted by molar-refractivity contribution is 7.98. The van der Waals surface area contributed by atoms with Crippen LogP contribution in [0.4, 0.5) is 8.78 Å². The number of thiazole rings is 1. The predicted octanol–water partition coefficient (Wildman–Crippen LogP) is 5.35. The second-order valence-corrected chi connectivity index (χ2v) is 6.97. The van der Waals surface area contributed by atoms with E-state index in [9.17, 15) is 8.78 Å². The standard InChI is InChI=1S/C17H11F2N3O3S2/c18-16(19)24-12-5-3-10(4-6-12)14-21-22-17(25-14)27-9-11-8-26-15(20-11)13-2-1-7-23-13/h1-8,16H,9H2. The maximum atomic E-state index is 12.2. The molecule has 3 aromatic heterocycles. The molecule has 1 aromatic carbocycles. The van der Waals surface area contributed by atoms with E-state index < -0.39 is 6.61 Å². The second-order valence-electron chi connectivity index (χ2n) is 5.19. The molecule has 0 aliphatic rings. The Balaban J connectivity index is 1.38. The van der Waals surface area contributed by atoms with Gasteiger partial charge in [0.1, 0.15) is 5.75 Å². The summed E-state index contributed by atoms with van der Waals surface area (Å²) in [7, 11) is 0. The fourth-order valence-corrected chi connectivity index (χ4v) is 3.73. The number of rotatable bonds is 7. The Labute approximate surface area is 160 Å². The van der Waals surface area contributed by atoms with Gasteiger partial charge >= 0.3 is 6.61 Å². The lowest BCUT2D eigenvalue weighted by Crippen LogP contribution is -2.01. The molecule has 0 aliphatic carbocycles. The maximum Gasteiger partial charge on any atom is 0.387 e. The van der Waals surface area contributed by atoms with Crippen LogP contribution < -0.4 is 4.74 Å². The van der Waals surface area contributed by atoms with Gasteiger partial charge in [-0.1, -0.05) is 11.8 Å². The zero-order chi connectivity index (χ0) is 18.6. The number of hydrogen-bond donors (Lipinski definition) is 0. The van der Waals surface area contributed by atoms with Crippen LogP contribution >= 0.6 is 23.1 Å². The largest absolute Gasteiger partial charge is 0.462 e. The van der Waals surface area contributed by atoms with Crippen LogP contribution in [-0.4, -0.2) is 21.8 Å². The molecule has 0 N–H and O–H groups in total. The minimum atomic E-state index is -2.86. The Hall–Kier alpha value is -2.72. The Morgan fingerprint density at radius 3 is 2.74 bits per heavy atom. The van der Waals surface area contributed by atoms with Crippen molar-refractivity contribution < 1.29 is 22.4 Å². The third-order valence-electron chi connectivity index (χ3n) is 3.36. The quantitative estimate of drug-likeness (QED) is 0.383. The molecule has 0 radical (unpaired) electrons. The number of aromatic nitrogens is 3. The first kappa shape index (κ1) is 17.7. The van der Waals surface area contributed by atoms with E-state index in [0.717, 1.165) is 16.5 Å². The number of thioether (sulfide) groups is 1. The van der Waals surface area contributed by atoms with Crippen LogP contribution in [0, 0.1) is 0 Å². The van der Waals surface area contributed by atoms with Gasteiger partial charge < -0.3 is 13.6 Å².